The second kappa shape index (κ2) is 6.74. The summed E-state index contributed by atoms with van der Waals surface area (Å²) in [5.74, 6) is 0.247. The van der Waals surface area contributed by atoms with E-state index in [2.05, 4.69) is 21.6 Å². The highest BCUT2D eigenvalue weighted by molar-refractivity contribution is 5.97. The van der Waals surface area contributed by atoms with Gasteiger partial charge in [0, 0.05) is 25.8 Å². The highest BCUT2D eigenvalue weighted by Gasteiger charge is 2.27. The predicted octanol–water partition coefficient (Wildman–Crippen LogP) is 0.777. The smallest absolute Gasteiger partial charge is 0.325 e. The van der Waals surface area contributed by atoms with Gasteiger partial charge in [-0.1, -0.05) is 6.08 Å². The Morgan fingerprint density at radius 3 is 3.05 bits per heavy atom. The zero-order valence-corrected chi connectivity index (χ0v) is 11.9. The Labute approximate surface area is 123 Å². The van der Waals surface area contributed by atoms with Gasteiger partial charge in [-0.25, -0.2) is 9.78 Å². The van der Waals surface area contributed by atoms with Crippen molar-refractivity contribution < 1.29 is 14.3 Å². The van der Waals surface area contributed by atoms with Gasteiger partial charge in [-0.2, -0.15) is 0 Å². The van der Waals surface area contributed by atoms with E-state index < -0.39 is 5.97 Å². The number of pyridine rings is 1. The van der Waals surface area contributed by atoms with E-state index in [9.17, 15) is 9.59 Å². The van der Waals surface area contributed by atoms with Crippen LogP contribution in [-0.4, -0.2) is 50.3 Å². The van der Waals surface area contributed by atoms with Crippen molar-refractivity contribution in [2.75, 3.05) is 43.1 Å². The summed E-state index contributed by atoms with van der Waals surface area (Å²) in [6.45, 7) is 5.41. The zero-order valence-electron chi connectivity index (χ0n) is 11.9. The Kier molecular flexibility index (Phi) is 4.76. The number of amides is 2. The van der Waals surface area contributed by atoms with Crippen LogP contribution in [0.5, 0.6) is 0 Å². The first kappa shape index (κ1) is 14.8. The lowest BCUT2D eigenvalue weighted by atomic mass is 10.2. The van der Waals surface area contributed by atoms with Crippen LogP contribution in [-0.2, 0) is 9.53 Å². The van der Waals surface area contributed by atoms with Crippen LogP contribution in [0.1, 0.15) is 0 Å². The molecule has 0 aliphatic carbocycles. The summed E-state index contributed by atoms with van der Waals surface area (Å²) in [4.78, 5) is 31.2. The zero-order chi connectivity index (χ0) is 15.2. The molecule has 0 spiro atoms. The molecule has 1 aliphatic rings. The topological polar surface area (TPSA) is 74.8 Å². The van der Waals surface area contributed by atoms with Gasteiger partial charge >= 0.3 is 12.0 Å². The van der Waals surface area contributed by atoms with Gasteiger partial charge in [-0.05, 0) is 12.1 Å². The monoisotopic (exact) mass is 290 g/mol. The minimum atomic E-state index is -0.486. The number of nitrogens with zero attached hydrogens (tertiary/aromatic N) is 3. The molecule has 2 amide bonds. The lowest BCUT2D eigenvalue weighted by molar-refractivity contribution is -0.139. The van der Waals surface area contributed by atoms with Crippen molar-refractivity contribution in [3.8, 4) is 0 Å². The number of esters is 1. The van der Waals surface area contributed by atoms with E-state index in [0.717, 1.165) is 5.82 Å². The summed E-state index contributed by atoms with van der Waals surface area (Å²) in [6, 6.07) is 3.26. The number of nitrogens with one attached hydrogen (secondary N) is 1. The number of carbonyl (C=O) groups excluding carboxylic acids is 2. The predicted molar refractivity (Wildman–Crippen MR) is 79.4 cm³/mol. The van der Waals surface area contributed by atoms with Crippen LogP contribution < -0.4 is 15.1 Å². The van der Waals surface area contributed by atoms with Crippen molar-refractivity contribution in [3.05, 3.63) is 31.0 Å². The number of hydrogen-bond acceptors (Lipinski definition) is 5. The molecule has 0 saturated carbocycles. The maximum absolute atomic E-state index is 12.2. The number of methoxy groups -OCH3 is 1. The van der Waals surface area contributed by atoms with Crippen LogP contribution in [0.15, 0.2) is 31.0 Å². The van der Waals surface area contributed by atoms with E-state index in [0.29, 0.717) is 25.3 Å². The Hall–Kier alpha value is -2.57. The summed E-state index contributed by atoms with van der Waals surface area (Å²) >= 11 is 0. The number of fused-ring (bicyclic) bond motifs is 1. The molecule has 7 nitrogen and oxygen atoms in total. The first-order valence-electron chi connectivity index (χ1n) is 6.60. The highest BCUT2D eigenvalue weighted by atomic mass is 16.5. The SMILES string of the molecule is C=CCN1CCN(C(=O)NCC(=O)OC)c2cccnc21. The Bertz CT molecular complexity index is 547. The number of ether oxygens (including phenoxy) is 1. The summed E-state index contributed by atoms with van der Waals surface area (Å²) in [5.41, 5.74) is 0.716. The van der Waals surface area contributed by atoms with E-state index in [-0.39, 0.29) is 12.6 Å². The van der Waals surface area contributed by atoms with Gasteiger partial charge in [0.1, 0.15) is 6.54 Å². The molecule has 1 aromatic heterocycles. The fourth-order valence-corrected chi connectivity index (χ4v) is 2.15. The summed E-state index contributed by atoms with van der Waals surface area (Å²) in [7, 11) is 1.28. The molecular weight excluding hydrogens is 272 g/mol. The molecule has 0 aromatic carbocycles. The molecule has 1 aliphatic heterocycles. The van der Waals surface area contributed by atoms with Crippen molar-refractivity contribution in [2.24, 2.45) is 0 Å². The van der Waals surface area contributed by atoms with Crippen molar-refractivity contribution >= 4 is 23.5 Å². The van der Waals surface area contributed by atoms with Gasteiger partial charge in [-0.15, -0.1) is 6.58 Å². The summed E-state index contributed by atoms with van der Waals surface area (Å²) in [5, 5.41) is 2.54. The number of aromatic nitrogens is 1. The van der Waals surface area contributed by atoms with E-state index in [1.165, 1.54) is 7.11 Å². The molecule has 112 valence electrons. The van der Waals surface area contributed by atoms with E-state index >= 15 is 0 Å². The van der Waals surface area contributed by atoms with E-state index in [4.69, 9.17) is 0 Å². The van der Waals surface area contributed by atoms with Crippen LogP contribution in [0.4, 0.5) is 16.3 Å². The van der Waals surface area contributed by atoms with Crippen LogP contribution in [0.3, 0.4) is 0 Å². The van der Waals surface area contributed by atoms with E-state index in [1.807, 2.05) is 11.0 Å². The van der Waals surface area contributed by atoms with Crippen LogP contribution in [0.2, 0.25) is 0 Å². The molecule has 0 bridgehead atoms. The maximum atomic E-state index is 12.2. The lowest BCUT2D eigenvalue weighted by Gasteiger charge is -2.35. The molecular formula is C14H18N4O3. The Morgan fingerprint density at radius 2 is 2.33 bits per heavy atom. The van der Waals surface area contributed by atoms with Gasteiger partial charge in [0.25, 0.3) is 0 Å². The average Bonchev–Trinajstić information content (AvgIpc) is 2.52. The fraction of sp³-hybridized carbons (Fsp3) is 0.357. The highest BCUT2D eigenvalue weighted by Crippen LogP contribution is 2.30. The molecule has 1 aromatic rings. The van der Waals surface area contributed by atoms with Gasteiger partial charge in [0.05, 0.1) is 12.8 Å². The average molecular weight is 290 g/mol. The number of hydrogen-bond donors (Lipinski definition) is 1. The molecule has 0 fully saturated rings. The summed E-state index contributed by atoms with van der Waals surface area (Å²) in [6.07, 6.45) is 3.48. The van der Waals surface area contributed by atoms with Crippen molar-refractivity contribution in [1.29, 1.82) is 0 Å². The molecule has 2 rings (SSSR count). The van der Waals surface area contributed by atoms with Crippen molar-refractivity contribution in [1.82, 2.24) is 10.3 Å². The number of carbonyl (C=O) groups is 2. The number of urea groups is 1. The minimum absolute atomic E-state index is 0.155. The van der Waals surface area contributed by atoms with E-state index in [1.54, 1.807) is 23.2 Å². The largest absolute Gasteiger partial charge is 0.468 e. The second-order valence-electron chi connectivity index (χ2n) is 4.47. The molecule has 2 heterocycles. The standard InChI is InChI=1S/C14H18N4O3/c1-3-7-17-8-9-18(11-5-4-6-15-13(11)17)14(20)16-10-12(19)21-2/h3-6H,1,7-10H2,2H3,(H,16,20). The molecule has 7 heteroatoms. The number of anilines is 2. The second-order valence-corrected chi connectivity index (χ2v) is 4.47. The molecule has 0 radical (unpaired) electrons. The molecule has 0 saturated heterocycles. The van der Waals surface area contributed by atoms with Crippen LogP contribution in [0, 0.1) is 0 Å². The normalized spacial score (nSPS) is 13.4. The maximum Gasteiger partial charge on any atom is 0.325 e. The molecule has 1 N–H and O–H groups in total. The third-order valence-corrected chi connectivity index (χ3v) is 3.16. The Morgan fingerprint density at radius 1 is 1.52 bits per heavy atom. The summed E-state index contributed by atoms with van der Waals surface area (Å²) < 4.78 is 4.50. The quantitative estimate of drug-likeness (QED) is 0.655. The molecule has 0 unspecified atom stereocenters. The molecule has 21 heavy (non-hydrogen) atoms. The fourth-order valence-electron chi connectivity index (χ4n) is 2.15. The lowest BCUT2D eigenvalue weighted by Crippen LogP contribution is -2.49. The van der Waals surface area contributed by atoms with Crippen molar-refractivity contribution in [3.63, 3.8) is 0 Å². The third-order valence-electron chi connectivity index (χ3n) is 3.16. The number of rotatable bonds is 4. The van der Waals surface area contributed by atoms with Gasteiger partial charge < -0.3 is 15.0 Å². The van der Waals surface area contributed by atoms with Crippen molar-refractivity contribution in [2.45, 2.75) is 0 Å². The van der Waals surface area contributed by atoms with Crippen LogP contribution >= 0.6 is 0 Å². The molecule has 0 atom stereocenters. The van der Waals surface area contributed by atoms with Gasteiger partial charge in [-0.3, -0.25) is 9.69 Å². The minimum Gasteiger partial charge on any atom is -0.468 e. The van der Waals surface area contributed by atoms with Gasteiger partial charge in [0.15, 0.2) is 5.82 Å². The Balaban J connectivity index is 2.14. The van der Waals surface area contributed by atoms with Gasteiger partial charge in [0.2, 0.25) is 0 Å². The first-order chi connectivity index (χ1) is 10.2. The van der Waals surface area contributed by atoms with Crippen LogP contribution in [0.25, 0.3) is 0 Å². The third kappa shape index (κ3) is 3.31. The first-order valence-corrected chi connectivity index (χ1v) is 6.60.